The van der Waals surface area contributed by atoms with E-state index in [1.165, 1.54) is 38.4 Å². The van der Waals surface area contributed by atoms with Gasteiger partial charge in [0.2, 0.25) is 11.8 Å². The lowest BCUT2D eigenvalue weighted by atomic mass is 10.1. The molecule has 2 aliphatic heterocycles. The number of nitrogens with zero attached hydrogens (tertiary/aromatic N) is 3. The van der Waals surface area contributed by atoms with Crippen LogP contribution in [-0.4, -0.2) is 71.8 Å². The molecule has 0 radical (unpaired) electrons. The summed E-state index contributed by atoms with van der Waals surface area (Å²) in [5.74, 6) is -0.136. The maximum Gasteiger partial charge on any atom is 0.247 e. The highest BCUT2D eigenvalue weighted by Gasteiger charge is 2.31. The predicted octanol–water partition coefficient (Wildman–Crippen LogP) is 3.94. The Bertz CT molecular complexity index is 762. The van der Waals surface area contributed by atoms with E-state index in [-0.39, 0.29) is 24.4 Å². The van der Waals surface area contributed by atoms with E-state index in [1.54, 1.807) is 29.2 Å². The average Bonchev–Trinajstić information content (AvgIpc) is 2.71. The molecule has 3 rings (SSSR count). The molecule has 0 aliphatic carbocycles. The van der Waals surface area contributed by atoms with Gasteiger partial charge in [-0.2, -0.15) is 0 Å². The van der Waals surface area contributed by atoms with Crippen LogP contribution >= 0.6 is 23.2 Å². The lowest BCUT2D eigenvalue weighted by molar-refractivity contribution is -0.146. The molecule has 5 nitrogen and oxygen atoms in total. The second-order valence-corrected chi connectivity index (χ2v) is 8.73. The van der Waals surface area contributed by atoms with Crippen molar-refractivity contribution in [3.8, 4) is 0 Å². The van der Waals surface area contributed by atoms with Crippen LogP contribution in [0.3, 0.4) is 0 Å². The molecule has 2 aliphatic rings. The summed E-state index contributed by atoms with van der Waals surface area (Å²) in [5, 5.41) is 0.925. The van der Waals surface area contributed by atoms with Crippen molar-refractivity contribution in [3.63, 3.8) is 0 Å². The summed E-state index contributed by atoms with van der Waals surface area (Å²) in [4.78, 5) is 31.2. The summed E-state index contributed by atoms with van der Waals surface area (Å²) in [5.41, 5.74) is 0.795. The summed E-state index contributed by atoms with van der Waals surface area (Å²) in [6.07, 6.45) is 8.08. The summed E-state index contributed by atoms with van der Waals surface area (Å²) < 4.78 is 0. The van der Waals surface area contributed by atoms with Gasteiger partial charge >= 0.3 is 0 Å². The second-order valence-electron chi connectivity index (χ2n) is 7.92. The average molecular weight is 438 g/mol. The van der Waals surface area contributed by atoms with Crippen LogP contribution in [0, 0.1) is 0 Å². The number of rotatable bonds is 6. The van der Waals surface area contributed by atoms with Crippen LogP contribution < -0.4 is 0 Å². The Kier molecular flexibility index (Phi) is 7.99. The fourth-order valence-electron chi connectivity index (χ4n) is 4.03. The molecule has 0 bridgehead atoms. The van der Waals surface area contributed by atoms with Gasteiger partial charge in [0.1, 0.15) is 6.54 Å². The standard InChI is InChI=1S/C22H29Cl2N3O2/c1-17-15-26(21(28)9-7-18-6-8-19(23)20(24)14-18)16-22(29)27(17)13-5-12-25-10-3-2-4-11-25/h6-9,14,17H,2-5,10-13,15-16H2,1H3/b9-7+/t17-/m0/s1. The Morgan fingerprint density at radius 1 is 1.14 bits per heavy atom. The Hall–Kier alpha value is -1.56. The third-order valence-electron chi connectivity index (χ3n) is 5.66. The van der Waals surface area contributed by atoms with Crippen molar-refractivity contribution in [1.29, 1.82) is 0 Å². The smallest absolute Gasteiger partial charge is 0.247 e. The molecule has 158 valence electrons. The van der Waals surface area contributed by atoms with Crippen LogP contribution in [0.25, 0.3) is 6.08 Å². The van der Waals surface area contributed by atoms with Gasteiger partial charge in [0.15, 0.2) is 0 Å². The second kappa shape index (κ2) is 10.5. The number of hydrogen-bond donors (Lipinski definition) is 0. The molecule has 0 unspecified atom stereocenters. The first-order valence-electron chi connectivity index (χ1n) is 10.4. The first-order chi connectivity index (χ1) is 13.9. The largest absolute Gasteiger partial charge is 0.337 e. The predicted molar refractivity (Wildman–Crippen MR) is 118 cm³/mol. The van der Waals surface area contributed by atoms with Crippen molar-refractivity contribution < 1.29 is 9.59 Å². The normalized spacial score (nSPS) is 21.2. The maximum atomic E-state index is 12.6. The number of benzene rings is 1. The zero-order valence-corrected chi connectivity index (χ0v) is 18.5. The molecule has 1 aromatic carbocycles. The Morgan fingerprint density at radius 3 is 2.59 bits per heavy atom. The molecular formula is C22H29Cl2N3O2. The SMILES string of the molecule is C[C@H]1CN(C(=O)/C=C/c2ccc(Cl)c(Cl)c2)CC(=O)N1CCCN1CCCCC1. The van der Waals surface area contributed by atoms with Gasteiger partial charge in [-0.05, 0) is 69.6 Å². The van der Waals surface area contributed by atoms with E-state index in [2.05, 4.69) is 4.90 Å². The fourth-order valence-corrected chi connectivity index (χ4v) is 4.34. The minimum Gasteiger partial charge on any atom is -0.337 e. The summed E-state index contributed by atoms with van der Waals surface area (Å²) in [6, 6.07) is 5.23. The van der Waals surface area contributed by atoms with Crippen LogP contribution in [0.4, 0.5) is 0 Å². The molecule has 29 heavy (non-hydrogen) atoms. The van der Waals surface area contributed by atoms with E-state index in [1.807, 2.05) is 11.8 Å². The number of carbonyl (C=O) groups is 2. The highest BCUT2D eigenvalue weighted by molar-refractivity contribution is 6.42. The number of piperidine rings is 1. The number of likely N-dealkylation sites (tertiary alicyclic amines) is 1. The Morgan fingerprint density at radius 2 is 1.90 bits per heavy atom. The molecule has 2 fully saturated rings. The maximum absolute atomic E-state index is 12.6. The van der Waals surface area contributed by atoms with Gasteiger partial charge in [0.05, 0.1) is 10.0 Å². The first-order valence-corrected chi connectivity index (χ1v) is 11.1. The molecule has 0 spiro atoms. The van der Waals surface area contributed by atoms with Gasteiger partial charge in [-0.3, -0.25) is 9.59 Å². The van der Waals surface area contributed by atoms with E-state index in [9.17, 15) is 9.59 Å². The summed E-state index contributed by atoms with van der Waals surface area (Å²) in [6.45, 7) is 6.87. The van der Waals surface area contributed by atoms with Gasteiger partial charge in [0, 0.05) is 25.2 Å². The molecule has 0 N–H and O–H groups in total. The lowest BCUT2D eigenvalue weighted by Crippen LogP contribution is -2.56. The molecule has 1 aromatic rings. The van der Waals surface area contributed by atoms with Crippen molar-refractivity contribution >= 4 is 41.1 Å². The van der Waals surface area contributed by atoms with Crippen molar-refractivity contribution in [1.82, 2.24) is 14.7 Å². The van der Waals surface area contributed by atoms with Gasteiger partial charge in [-0.1, -0.05) is 35.7 Å². The van der Waals surface area contributed by atoms with Crippen molar-refractivity contribution in [3.05, 3.63) is 39.9 Å². The van der Waals surface area contributed by atoms with Crippen molar-refractivity contribution in [2.24, 2.45) is 0 Å². The van der Waals surface area contributed by atoms with E-state index in [4.69, 9.17) is 23.2 Å². The molecular weight excluding hydrogens is 409 g/mol. The fraction of sp³-hybridized carbons (Fsp3) is 0.545. The van der Waals surface area contributed by atoms with E-state index in [0.29, 0.717) is 16.6 Å². The highest BCUT2D eigenvalue weighted by Crippen LogP contribution is 2.23. The summed E-state index contributed by atoms with van der Waals surface area (Å²) >= 11 is 11.9. The molecule has 0 saturated carbocycles. The van der Waals surface area contributed by atoms with E-state index in [0.717, 1.165) is 25.1 Å². The number of piperazine rings is 1. The van der Waals surface area contributed by atoms with E-state index >= 15 is 0 Å². The molecule has 0 aromatic heterocycles. The van der Waals surface area contributed by atoms with Crippen LogP contribution in [0.15, 0.2) is 24.3 Å². The molecule has 2 amide bonds. The summed E-state index contributed by atoms with van der Waals surface area (Å²) in [7, 11) is 0. The molecule has 7 heteroatoms. The highest BCUT2D eigenvalue weighted by atomic mass is 35.5. The third-order valence-corrected chi connectivity index (χ3v) is 6.40. The van der Waals surface area contributed by atoms with Crippen LogP contribution in [0.2, 0.25) is 10.0 Å². The Labute approximate surface area is 183 Å². The minimum atomic E-state index is -0.163. The van der Waals surface area contributed by atoms with Crippen LogP contribution in [0.5, 0.6) is 0 Å². The third kappa shape index (κ3) is 6.21. The van der Waals surface area contributed by atoms with Gasteiger partial charge in [0.25, 0.3) is 0 Å². The molecule has 2 saturated heterocycles. The van der Waals surface area contributed by atoms with Gasteiger partial charge < -0.3 is 14.7 Å². The van der Waals surface area contributed by atoms with Crippen LogP contribution in [-0.2, 0) is 9.59 Å². The monoisotopic (exact) mass is 437 g/mol. The number of carbonyl (C=O) groups excluding carboxylic acids is 2. The van der Waals surface area contributed by atoms with Gasteiger partial charge in [-0.15, -0.1) is 0 Å². The lowest BCUT2D eigenvalue weighted by Gasteiger charge is -2.39. The van der Waals surface area contributed by atoms with Crippen LogP contribution in [0.1, 0.15) is 38.2 Å². The van der Waals surface area contributed by atoms with Crippen molar-refractivity contribution in [2.45, 2.75) is 38.6 Å². The van der Waals surface area contributed by atoms with Crippen molar-refractivity contribution in [2.75, 3.05) is 39.3 Å². The number of halogens is 2. The first kappa shape index (κ1) is 22.1. The Balaban J connectivity index is 1.49. The topological polar surface area (TPSA) is 43.9 Å². The minimum absolute atomic E-state index is 0.0266. The zero-order valence-electron chi connectivity index (χ0n) is 16.9. The number of amides is 2. The quantitative estimate of drug-likeness (QED) is 0.632. The molecule has 2 heterocycles. The molecule has 1 atom stereocenters. The zero-order chi connectivity index (χ0) is 20.8. The van der Waals surface area contributed by atoms with E-state index < -0.39 is 0 Å². The number of hydrogen-bond acceptors (Lipinski definition) is 3. The van der Waals surface area contributed by atoms with Gasteiger partial charge in [-0.25, -0.2) is 0 Å².